The SMILES string of the molecule is OCCCc1cc(CCc2ccccc2)no1. The van der Waals surface area contributed by atoms with E-state index in [9.17, 15) is 0 Å². The number of hydrogen-bond acceptors (Lipinski definition) is 3. The van der Waals surface area contributed by atoms with E-state index < -0.39 is 0 Å². The molecule has 0 atom stereocenters. The Labute approximate surface area is 101 Å². The largest absolute Gasteiger partial charge is 0.396 e. The van der Waals surface area contributed by atoms with Crippen LogP contribution in [0.1, 0.15) is 23.4 Å². The van der Waals surface area contributed by atoms with Crippen molar-refractivity contribution in [1.29, 1.82) is 0 Å². The van der Waals surface area contributed by atoms with E-state index in [1.807, 2.05) is 24.3 Å². The maximum Gasteiger partial charge on any atom is 0.137 e. The molecule has 0 spiro atoms. The molecule has 0 aliphatic rings. The fraction of sp³-hybridized carbons (Fsp3) is 0.357. The highest BCUT2D eigenvalue weighted by Gasteiger charge is 2.04. The Balaban J connectivity index is 1.85. The Morgan fingerprint density at radius 1 is 1.06 bits per heavy atom. The van der Waals surface area contributed by atoms with Gasteiger partial charge in [0.2, 0.25) is 0 Å². The summed E-state index contributed by atoms with van der Waals surface area (Å²) >= 11 is 0. The number of benzene rings is 1. The molecule has 0 aliphatic carbocycles. The third kappa shape index (κ3) is 3.71. The zero-order valence-electron chi connectivity index (χ0n) is 9.80. The predicted octanol–water partition coefficient (Wildman–Crippen LogP) is 2.38. The van der Waals surface area contributed by atoms with Gasteiger partial charge in [0.15, 0.2) is 0 Å². The lowest BCUT2D eigenvalue weighted by Gasteiger charge is -1.96. The van der Waals surface area contributed by atoms with Crippen molar-refractivity contribution in [2.45, 2.75) is 25.7 Å². The first kappa shape index (κ1) is 11.9. The molecule has 1 aromatic heterocycles. The second kappa shape index (κ2) is 6.21. The lowest BCUT2D eigenvalue weighted by Crippen LogP contribution is -1.90. The number of aryl methyl sites for hydroxylation is 3. The number of aromatic nitrogens is 1. The van der Waals surface area contributed by atoms with Crippen LogP contribution >= 0.6 is 0 Å². The van der Waals surface area contributed by atoms with Gasteiger partial charge in [-0.2, -0.15) is 0 Å². The van der Waals surface area contributed by atoms with E-state index in [-0.39, 0.29) is 6.61 Å². The van der Waals surface area contributed by atoms with E-state index in [0.29, 0.717) is 0 Å². The van der Waals surface area contributed by atoms with Crippen LogP contribution in [0.25, 0.3) is 0 Å². The molecule has 1 aromatic carbocycles. The molecule has 3 nitrogen and oxygen atoms in total. The van der Waals surface area contributed by atoms with Crippen molar-refractivity contribution in [2.24, 2.45) is 0 Å². The van der Waals surface area contributed by atoms with Gasteiger partial charge in [0, 0.05) is 19.1 Å². The third-order valence-electron chi connectivity index (χ3n) is 2.70. The average molecular weight is 231 g/mol. The second-order valence-corrected chi connectivity index (χ2v) is 4.10. The van der Waals surface area contributed by atoms with Gasteiger partial charge < -0.3 is 9.63 Å². The van der Waals surface area contributed by atoms with Crippen molar-refractivity contribution in [2.75, 3.05) is 6.61 Å². The van der Waals surface area contributed by atoms with Crippen LogP contribution in [0.5, 0.6) is 0 Å². The highest BCUT2D eigenvalue weighted by atomic mass is 16.5. The third-order valence-corrected chi connectivity index (χ3v) is 2.70. The van der Waals surface area contributed by atoms with Crippen LogP contribution in [0.2, 0.25) is 0 Å². The molecule has 17 heavy (non-hydrogen) atoms. The number of hydrogen-bond donors (Lipinski definition) is 1. The minimum absolute atomic E-state index is 0.194. The molecule has 1 heterocycles. The highest BCUT2D eigenvalue weighted by Crippen LogP contribution is 2.09. The van der Waals surface area contributed by atoms with E-state index in [4.69, 9.17) is 9.63 Å². The van der Waals surface area contributed by atoms with Crippen LogP contribution in [0.15, 0.2) is 40.9 Å². The molecule has 0 saturated carbocycles. The van der Waals surface area contributed by atoms with Gasteiger partial charge in [0.1, 0.15) is 5.76 Å². The van der Waals surface area contributed by atoms with Gasteiger partial charge in [-0.05, 0) is 24.8 Å². The first-order valence-corrected chi connectivity index (χ1v) is 5.98. The van der Waals surface area contributed by atoms with Gasteiger partial charge in [-0.15, -0.1) is 0 Å². The molecule has 0 radical (unpaired) electrons. The van der Waals surface area contributed by atoms with Crippen molar-refractivity contribution in [3.63, 3.8) is 0 Å². The highest BCUT2D eigenvalue weighted by molar-refractivity contribution is 5.16. The molecule has 0 unspecified atom stereocenters. The molecule has 1 N–H and O–H groups in total. The van der Waals surface area contributed by atoms with Crippen molar-refractivity contribution < 1.29 is 9.63 Å². The molecule has 90 valence electrons. The van der Waals surface area contributed by atoms with E-state index in [0.717, 1.165) is 37.1 Å². The van der Waals surface area contributed by atoms with Crippen molar-refractivity contribution >= 4 is 0 Å². The Morgan fingerprint density at radius 2 is 1.88 bits per heavy atom. The first-order valence-electron chi connectivity index (χ1n) is 5.98. The molecule has 3 heteroatoms. The van der Waals surface area contributed by atoms with Crippen LogP contribution in [-0.2, 0) is 19.3 Å². The summed E-state index contributed by atoms with van der Waals surface area (Å²) in [4.78, 5) is 0. The van der Waals surface area contributed by atoms with Crippen molar-refractivity contribution in [3.05, 3.63) is 53.4 Å². The summed E-state index contributed by atoms with van der Waals surface area (Å²) in [5, 5.41) is 12.8. The Kier molecular flexibility index (Phi) is 4.33. The van der Waals surface area contributed by atoms with Crippen LogP contribution in [0.3, 0.4) is 0 Å². The quantitative estimate of drug-likeness (QED) is 0.830. The number of rotatable bonds is 6. The van der Waals surface area contributed by atoms with Gasteiger partial charge >= 0.3 is 0 Å². The molecule has 2 rings (SSSR count). The molecule has 0 saturated heterocycles. The lowest BCUT2D eigenvalue weighted by molar-refractivity contribution is 0.279. The topological polar surface area (TPSA) is 46.3 Å². The van der Waals surface area contributed by atoms with Crippen molar-refractivity contribution in [3.8, 4) is 0 Å². The molecule has 0 amide bonds. The number of aliphatic hydroxyl groups excluding tert-OH is 1. The maximum absolute atomic E-state index is 8.72. The number of nitrogens with zero attached hydrogens (tertiary/aromatic N) is 1. The van der Waals surface area contributed by atoms with Crippen LogP contribution in [0, 0.1) is 0 Å². The van der Waals surface area contributed by atoms with E-state index >= 15 is 0 Å². The smallest absolute Gasteiger partial charge is 0.137 e. The van der Waals surface area contributed by atoms with Gasteiger partial charge in [-0.3, -0.25) is 0 Å². The van der Waals surface area contributed by atoms with Gasteiger partial charge in [-0.25, -0.2) is 0 Å². The van der Waals surface area contributed by atoms with Gasteiger partial charge in [-0.1, -0.05) is 35.5 Å². The minimum atomic E-state index is 0.194. The second-order valence-electron chi connectivity index (χ2n) is 4.10. The van der Waals surface area contributed by atoms with E-state index in [1.54, 1.807) is 0 Å². The monoisotopic (exact) mass is 231 g/mol. The zero-order chi connectivity index (χ0) is 11.9. The summed E-state index contributed by atoms with van der Waals surface area (Å²) < 4.78 is 5.19. The first-order chi connectivity index (χ1) is 8.38. The zero-order valence-corrected chi connectivity index (χ0v) is 9.80. The molecule has 0 aliphatic heterocycles. The summed E-state index contributed by atoms with van der Waals surface area (Å²) in [6.07, 6.45) is 3.36. The van der Waals surface area contributed by atoms with Crippen LogP contribution in [0.4, 0.5) is 0 Å². The number of aliphatic hydroxyl groups is 1. The predicted molar refractivity (Wildman–Crippen MR) is 65.8 cm³/mol. The van der Waals surface area contributed by atoms with Gasteiger partial charge in [0.25, 0.3) is 0 Å². The van der Waals surface area contributed by atoms with Crippen LogP contribution < -0.4 is 0 Å². The maximum atomic E-state index is 8.72. The lowest BCUT2D eigenvalue weighted by atomic mass is 10.1. The standard InChI is InChI=1S/C14H17NO2/c16-10-4-7-14-11-13(15-17-14)9-8-12-5-2-1-3-6-12/h1-3,5-6,11,16H,4,7-10H2. The summed E-state index contributed by atoms with van der Waals surface area (Å²) in [7, 11) is 0. The Hall–Kier alpha value is -1.61. The molecule has 2 aromatic rings. The summed E-state index contributed by atoms with van der Waals surface area (Å²) in [6.45, 7) is 0.194. The van der Waals surface area contributed by atoms with Gasteiger partial charge in [0.05, 0.1) is 5.69 Å². The molecule has 0 bridgehead atoms. The van der Waals surface area contributed by atoms with Crippen molar-refractivity contribution in [1.82, 2.24) is 5.16 Å². The molecular weight excluding hydrogens is 214 g/mol. The average Bonchev–Trinajstić information content (AvgIpc) is 2.83. The van der Waals surface area contributed by atoms with Crippen LogP contribution in [-0.4, -0.2) is 16.9 Å². The fourth-order valence-corrected chi connectivity index (χ4v) is 1.76. The summed E-state index contributed by atoms with van der Waals surface area (Å²) in [6, 6.07) is 12.3. The Morgan fingerprint density at radius 3 is 2.65 bits per heavy atom. The molecule has 0 fully saturated rings. The summed E-state index contributed by atoms with van der Waals surface area (Å²) in [5.74, 6) is 0.863. The fourth-order valence-electron chi connectivity index (χ4n) is 1.76. The van der Waals surface area contributed by atoms with E-state index in [2.05, 4.69) is 17.3 Å². The minimum Gasteiger partial charge on any atom is -0.396 e. The normalized spacial score (nSPS) is 10.6. The van der Waals surface area contributed by atoms with E-state index in [1.165, 1.54) is 5.56 Å². The molecular formula is C14H17NO2. The Bertz CT molecular complexity index is 436. The summed E-state index contributed by atoms with van der Waals surface area (Å²) in [5.41, 5.74) is 2.30.